The van der Waals surface area contributed by atoms with Gasteiger partial charge >= 0.3 is 0 Å². The van der Waals surface area contributed by atoms with Crippen LogP contribution in [0.2, 0.25) is 0 Å². The molecule has 0 spiro atoms. The van der Waals surface area contributed by atoms with Crippen molar-refractivity contribution < 1.29 is 0 Å². The van der Waals surface area contributed by atoms with Crippen molar-refractivity contribution in [1.82, 2.24) is 59.4 Å². The van der Waals surface area contributed by atoms with Crippen LogP contribution >= 0.6 is 0 Å². The van der Waals surface area contributed by atoms with Gasteiger partial charge < -0.3 is 0 Å². The van der Waals surface area contributed by atoms with E-state index in [4.69, 9.17) is 54.8 Å². The Balaban J connectivity index is 0.916. The van der Waals surface area contributed by atoms with Crippen molar-refractivity contribution in [3.63, 3.8) is 0 Å². The lowest BCUT2D eigenvalue weighted by molar-refractivity contribution is 1.07. The first kappa shape index (κ1) is 45.3. The number of imidazole rings is 1. The Morgan fingerprint density at radius 2 is 0.625 bits per heavy atom. The number of pyridine rings is 4. The molecule has 0 saturated heterocycles. The molecule has 372 valence electrons. The number of hydrogen-bond donors (Lipinski definition) is 0. The molecule has 0 N–H and O–H groups in total. The molecule has 0 unspecified atom stereocenters. The van der Waals surface area contributed by atoms with Crippen LogP contribution in [0.15, 0.2) is 243 Å². The lowest BCUT2D eigenvalue weighted by Crippen LogP contribution is -2.73. The van der Waals surface area contributed by atoms with E-state index in [0.717, 1.165) is 110 Å². The summed E-state index contributed by atoms with van der Waals surface area (Å²) in [6, 6.07) is 75.2. The molecule has 8 aromatic carbocycles. The maximum Gasteiger partial charge on any atom is 0.226 e. The quantitative estimate of drug-likeness (QED) is 0.134. The Labute approximate surface area is 458 Å². The van der Waals surface area contributed by atoms with Gasteiger partial charge in [0.2, 0.25) is 8.07 Å². The van der Waals surface area contributed by atoms with Crippen LogP contribution in [0.5, 0.6) is 0 Å². The van der Waals surface area contributed by atoms with E-state index in [2.05, 4.69) is 150 Å². The van der Waals surface area contributed by atoms with Crippen LogP contribution in [0, 0.1) is 0 Å². The Kier molecular flexibility index (Phi) is 10.3. The number of benzene rings is 8. The topological polar surface area (TPSA) is 147 Å². The third-order valence-electron chi connectivity index (χ3n) is 15.2. The summed E-state index contributed by atoms with van der Waals surface area (Å²) in [7, 11) is -3.40. The summed E-state index contributed by atoms with van der Waals surface area (Å²) in [5.74, 6) is 3.05. The summed E-state index contributed by atoms with van der Waals surface area (Å²) in [5, 5.41) is 7.34. The minimum Gasteiger partial charge on any atom is -0.299 e. The van der Waals surface area contributed by atoms with Gasteiger partial charge in [-0.05, 0) is 82.3 Å². The van der Waals surface area contributed by atoms with Crippen LogP contribution in [0.4, 0.5) is 0 Å². The fourth-order valence-corrected chi connectivity index (χ4v) is 16.4. The smallest absolute Gasteiger partial charge is 0.226 e. The minimum absolute atomic E-state index is 0.504. The Bertz CT molecular complexity index is 4580. The maximum absolute atomic E-state index is 5.65. The van der Waals surface area contributed by atoms with Crippen LogP contribution < -0.4 is 21.0 Å². The molecule has 1 aliphatic rings. The van der Waals surface area contributed by atoms with E-state index in [1.165, 1.54) is 5.19 Å². The van der Waals surface area contributed by atoms with Crippen molar-refractivity contribution in [3.8, 4) is 74.0 Å². The standard InChI is InChI=1S/C67H40N12Si/c1-5-23-53-41(15-1)31-47(37-68-53)63-73-61(74-64(77-63)48-32-42-16-2-6-24-54(42)69-38-48)45-19-13-21-51(35-45)80(60-30-12-11-29-59(60)79-58-28-10-9-27-57(58)72-67(79)80)52-22-14-20-46(36-52)62-75-65(49-33-43-17-3-7-25-55(43)70-39-49)78-66(76-62)50-34-44-18-4-8-26-56(44)71-40-50/h1-40H. The highest BCUT2D eigenvalue weighted by molar-refractivity contribution is 7.20. The molecule has 16 rings (SSSR count). The zero-order valence-corrected chi connectivity index (χ0v) is 43.5. The van der Waals surface area contributed by atoms with Gasteiger partial charge in [0, 0.05) is 85.4 Å². The molecule has 13 heteroatoms. The molecular formula is C67H40N12Si. The lowest BCUT2D eigenvalue weighted by Gasteiger charge is -2.29. The van der Waals surface area contributed by atoms with E-state index in [9.17, 15) is 0 Å². The van der Waals surface area contributed by atoms with E-state index in [1.54, 1.807) is 0 Å². The summed E-state index contributed by atoms with van der Waals surface area (Å²) in [5.41, 5.74) is 12.3. The Morgan fingerprint density at radius 3 is 1.05 bits per heavy atom. The lowest BCUT2D eigenvalue weighted by atomic mass is 10.1. The first-order valence-corrected chi connectivity index (χ1v) is 28.3. The molecule has 0 aliphatic carbocycles. The van der Waals surface area contributed by atoms with E-state index < -0.39 is 8.07 Å². The number of rotatable bonds is 8. The third kappa shape index (κ3) is 7.40. The highest BCUT2D eigenvalue weighted by atomic mass is 28.3. The van der Waals surface area contributed by atoms with Gasteiger partial charge in [-0.1, -0.05) is 152 Å². The van der Waals surface area contributed by atoms with Crippen molar-refractivity contribution in [3.05, 3.63) is 243 Å². The largest absolute Gasteiger partial charge is 0.299 e. The highest BCUT2D eigenvalue weighted by Gasteiger charge is 2.52. The predicted octanol–water partition coefficient (Wildman–Crippen LogP) is 11.3. The van der Waals surface area contributed by atoms with Gasteiger partial charge in [0.1, 0.15) is 5.45 Å². The van der Waals surface area contributed by atoms with Crippen LogP contribution in [-0.4, -0.2) is 67.5 Å². The summed E-state index contributed by atoms with van der Waals surface area (Å²) >= 11 is 0. The second kappa shape index (κ2) is 18.1. The minimum atomic E-state index is -3.40. The van der Waals surface area contributed by atoms with E-state index in [-0.39, 0.29) is 0 Å². The van der Waals surface area contributed by atoms with Gasteiger partial charge in [-0.2, -0.15) is 0 Å². The molecule has 0 radical (unpaired) electrons. The van der Waals surface area contributed by atoms with Gasteiger partial charge in [0.05, 0.1) is 33.1 Å². The zero-order chi connectivity index (χ0) is 52.7. The Morgan fingerprint density at radius 1 is 0.275 bits per heavy atom. The number of hydrogen-bond acceptors (Lipinski definition) is 11. The molecular weight excluding hydrogens is 1000 g/mol. The Hall–Kier alpha value is -10.9. The number of nitrogens with zero attached hydrogens (tertiary/aromatic N) is 12. The second-order valence-electron chi connectivity index (χ2n) is 20.0. The van der Waals surface area contributed by atoms with Gasteiger partial charge in [-0.25, -0.2) is 34.9 Å². The molecule has 0 saturated carbocycles. The average molecular weight is 1040 g/mol. The molecule has 80 heavy (non-hydrogen) atoms. The van der Waals surface area contributed by atoms with Gasteiger partial charge in [-0.15, -0.1) is 0 Å². The molecule has 7 aromatic heterocycles. The van der Waals surface area contributed by atoms with E-state index >= 15 is 0 Å². The predicted molar refractivity (Wildman–Crippen MR) is 319 cm³/mol. The van der Waals surface area contributed by atoms with Crippen LogP contribution in [0.3, 0.4) is 0 Å². The molecule has 0 atom stereocenters. The number of fused-ring (bicyclic) bond motifs is 9. The van der Waals surface area contributed by atoms with E-state index in [1.807, 2.05) is 97.6 Å². The van der Waals surface area contributed by atoms with Crippen molar-refractivity contribution in [2.75, 3.05) is 0 Å². The molecule has 0 bridgehead atoms. The van der Waals surface area contributed by atoms with Gasteiger partial charge in [-0.3, -0.25) is 24.5 Å². The summed E-state index contributed by atoms with van der Waals surface area (Å²) in [4.78, 5) is 56.4. The average Bonchev–Trinajstić information content (AvgIpc) is 4.12. The maximum atomic E-state index is 5.65. The van der Waals surface area contributed by atoms with Crippen LogP contribution in [-0.2, 0) is 0 Å². The first-order valence-electron chi connectivity index (χ1n) is 26.3. The molecule has 15 aromatic rings. The summed E-state index contributed by atoms with van der Waals surface area (Å²) in [6.45, 7) is 0. The molecule has 12 nitrogen and oxygen atoms in total. The second-order valence-corrected chi connectivity index (χ2v) is 23.6. The highest BCUT2D eigenvalue weighted by Crippen LogP contribution is 2.32. The first-order chi connectivity index (χ1) is 39.6. The fourth-order valence-electron chi connectivity index (χ4n) is 11.4. The molecule has 8 heterocycles. The van der Waals surface area contributed by atoms with Crippen molar-refractivity contribution in [2.45, 2.75) is 0 Å². The molecule has 0 amide bonds. The molecule has 0 fully saturated rings. The molecule has 1 aliphatic heterocycles. The SMILES string of the molecule is c1cc(-c2nc(-c3cnc4ccccc4c3)nc(-c3cnc4ccccc4c3)n2)cc([Si]2(c3cccc(-c4nc(-c5cnc6ccccc6c5)nc(-c5cnc6ccccc6c5)n4)c3)c3ccccc3-n3c2nc2ccccc23)c1. The van der Waals surface area contributed by atoms with Crippen molar-refractivity contribution in [2.24, 2.45) is 0 Å². The van der Waals surface area contributed by atoms with Crippen molar-refractivity contribution in [1.29, 1.82) is 0 Å². The normalized spacial score (nSPS) is 12.6. The third-order valence-corrected chi connectivity index (χ3v) is 19.8. The van der Waals surface area contributed by atoms with Gasteiger partial charge in [0.15, 0.2) is 34.9 Å². The number of aromatic nitrogens is 12. The number of para-hydroxylation sites is 7. The van der Waals surface area contributed by atoms with Gasteiger partial charge in [0.25, 0.3) is 0 Å². The van der Waals surface area contributed by atoms with E-state index in [0.29, 0.717) is 34.9 Å². The summed E-state index contributed by atoms with van der Waals surface area (Å²) < 4.78 is 2.37. The zero-order valence-electron chi connectivity index (χ0n) is 42.5. The summed E-state index contributed by atoms with van der Waals surface area (Å²) in [6.07, 6.45) is 7.35. The van der Waals surface area contributed by atoms with Crippen molar-refractivity contribution >= 4 is 83.7 Å². The van der Waals surface area contributed by atoms with Crippen LogP contribution in [0.1, 0.15) is 0 Å². The monoisotopic (exact) mass is 1040 g/mol. The van der Waals surface area contributed by atoms with Crippen LogP contribution in [0.25, 0.3) is 129 Å². The fraction of sp³-hybridized carbons (Fsp3) is 0.